The van der Waals surface area contributed by atoms with E-state index in [0.29, 0.717) is 23.9 Å². The number of carbonyl (C=O) groups is 2. The summed E-state index contributed by atoms with van der Waals surface area (Å²) >= 11 is 6.22. The van der Waals surface area contributed by atoms with Crippen molar-refractivity contribution >= 4 is 40.9 Å². The Bertz CT molecular complexity index is 1170. The number of hydrogen-bond donors (Lipinski definition) is 0. The molecule has 2 fully saturated rings. The summed E-state index contributed by atoms with van der Waals surface area (Å²) in [5.74, 6) is 1.04. The topological polar surface area (TPSA) is 62.5 Å². The van der Waals surface area contributed by atoms with E-state index >= 15 is 0 Å². The minimum Gasteiger partial charge on any atom is -0.369 e. The van der Waals surface area contributed by atoms with E-state index in [4.69, 9.17) is 16.6 Å². The number of nitrogens with zero attached hydrogens (tertiary/aromatic N) is 6. The van der Waals surface area contributed by atoms with Crippen LogP contribution in [-0.4, -0.2) is 95.7 Å². The molecule has 0 aromatic heterocycles. The second-order valence-electron chi connectivity index (χ2n) is 8.88. The van der Waals surface area contributed by atoms with Crippen LogP contribution in [0.25, 0.3) is 0 Å². The number of benzene rings is 2. The van der Waals surface area contributed by atoms with Crippen molar-refractivity contribution in [3.8, 4) is 0 Å². The van der Waals surface area contributed by atoms with Crippen LogP contribution in [0.3, 0.4) is 0 Å². The van der Waals surface area contributed by atoms with Gasteiger partial charge in [-0.05, 0) is 34.8 Å². The molecule has 176 valence electrons. The van der Waals surface area contributed by atoms with Crippen molar-refractivity contribution in [3.63, 3.8) is 0 Å². The first kappa shape index (κ1) is 22.6. The Morgan fingerprint density at radius 3 is 2.41 bits per heavy atom. The molecule has 0 aliphatic carbocycles. The van der Waals surface area contributed by atoms with Gasteiger partial charge in [0, 0.05) is 51.0 Å². The van der Waals surface area contributed by atoms with Crippen LogP contribution >= 0.6 is 11.6 Å². The third-order valence-electron chi connectivity index (χ3n) is 6.71. The van der Waals surface area contributed by atoms with Gasteiger partial charge in [0.2, 0.25) is 0 Å². The Kier molecular flexibility index (Phi) is 6.10. The fraction of sp³-hybridized carbons (Fsp3) is 0.360. The van der Waals surface area contributed by atoms with Crippen LogP contribution in [0.1, 0.15) is 5.56 Å². The summed E-state index contributed by atoms with van der Waals surface area (Å²) in [6, 6.07) is 17.1. The lowest BCUT2D eigenvalue weighted by Crippen LogP contribution is -2.61. The van der Waals surface area contributed by atoms with E-state index in [1.807, 2.05) is 34.9 Å². The highest BCUT2D eigenvalue weighted by Gasteiger charge is 2.53. The minimum absolute atomic E-state index is 0.257. The summed E-state index contributed by atoms with van der Waals surface area (Å²) in [5, 5.41) is 0.649. The average molecular weight is 480 g/mol. The molecule has 2 saturated heterocycles. The van der Waals surface area contributed by atoms with Gasteiger partial charge >= 0.3 is 11.9 Å². The van der Waals surface area contributed by atoms with E-state index < -0.39 is 6.04 Å². The SMILES string of the molecule is CN1C(=O)C2C(=NC(CN3CCN(c4ccccc4)CC3)=[N+]2Cc2cccc(Cl)c2)N(C)C1=O. The molecular formula is C25H28ClN6O2+. The second kappa shape index (κ2) is 9.19. The number of piperazine rings is 1. The summed E-state index contributed by atoms with van der Waals surface area (Å²) in [5.41, 5.74) is 2.23. The Labute approximate surface area is 204 Å². The zero-order valence-electron chi connectivity index (χ0n) is 19.4. The summed E-state index contributed by atoms with van der Waals surface area (Å²) < 4.78 is 2.02. The number of anilines is 1. The van der Waals surface area contributed by atoms with Crippen molar-refractivity contribution < 1.29 is 14.2 Å². The molecule has 8 nitrogen and oxygen atoms in total. The van der Waals surface area contributed by atoms with Crippen molar-refractivity contribution in [1.82, 2.24) is 14.7 Å². The van der Waals surface area contributed by atoms with Crippen LogP contribution < -0.4 is 4.90 Å². The maximum Gasteiger partial charge on any atom is 0.333 e. The van der Waals surface area contributed by atoms with Gasteiger partial charge in [-0.25, -0.2) is 9.37 Å². The molecule has 1 atom stereocenters. The van der Waals surface area contributed by atoms with Gasteiger partial charge in [0.15, 0.2) is 0 Å². The van der Waals surface area contributed by atoms with Crippen molar-refractivity contribution in [2.45, 2.75) is 12.6 Å². The Balaban J connectivity index is 1.40. The Morgan fingerprint density at radius 2 is 1.71 bits per heavy atom. The summed E-state index contributed by atoms with van der Waals surface area (Å²) in [6.45, 7) is 4.72. The third-order valence-corrected chi connectivity index (χ3v) is 6.95. The van der Waals surface area contributed by atoms with Gasteiger partial charge in [-0.2, -0.15) is 0 Å². The molecule has 3 aliphatic rings. The molecule has 5 rings (SSSR count). The molecule has 9 heteroatoms. The van der Waals surface area contributed by atoms with E-state index in [1.54, 1.807) is 7.05 Å². The molecule has 0 N–H and O–H groups in total. The monoisotopic (exact) mass is 479 g/mol. The van der Waals surface area contributed by atoms with E-state index in [9.17, 15) is 9.59 Å². The van der Waals surface area contributed by atoms with E-state index in [1.165, 1.54) is 22.5 Å². The van der Waals surface area contributed by atoms with Gasteiger partial charge in [0.1, 0.15) is 13.1 Å². The van der Waals surface area contributed by atoms with Gasteiger partial charge in [-0.1, -0.05) is 41.9 Å². The van der Waals surface area contributed by atoms with E-state index in [-0.39, 0.29) is 11.9 Å². The number of para-hydroxylation sites is 1. The summed E-state index contributed by atoms with van der Waals surface area (Å²) in [7, 11) is 3.20. The first-order valence-corrected chi connectivity index (χ1v) is 11.8. The number of amidine groups is 2. The number of rotatable bonds is 5. The highest BCUT2D eigenvalue weighted by atomic mass is 35.5. The molecule has 3 heterocycles. The first-order chi connectivity index (χ1) is 16.4. The molecule has 1 unspecified atom stereocenters. The van der Waals surface area contributed by atoms with Crippen LogP contribution in [0, 0.1) is 0 Å². The van der Waals surface area contributed by atoms with Crippen LogP contribution in [-0.2, 0) is 11.3 Å². The molecule has 0 spiro atoms. The van der Waals surface area contributed by atoms with Crippen LogP contribution in [0.5, 0.6) is 0 Å². The zero-order chi connectivity index (χ0) is 23.8. The quantitative estimate of drug-likeness (QED) is 0.618. The Morgan fingerprint density at radius 1 is 0.971 bits per heavy atom. The standard InChI is InChI=1S/C25H28ClN6O2/c1-28-23-22(24(33)29(2)25(28)34)32(16-18-7-6-8-19(26)15-18)21(27-23)17-30-11-13-31(14-12-30)20-9-4-3-5-10-20/h3-10,15,22H,11-14,16-17H2,1-2H3/q+1. The zero-order valence-corrected chi connectivity index (χ0v) is 20.1. The fourth-order valence-electron chi connectivity index (χ4n) is 4.79. The number of amides is 3. The fourth-order valence-corrected chi connectivity index (χ4v) is 5.01. The normalized spacial score (nSPS) is 21.3. The molecule has 0 radical (unpaired) electrons. The smallest absolute Gasteiger partial charge is 0.333 e. The lowest BCUT2D eigenvalue weighted by molar-refractivity contribution is -0.552. The number of carbonyl (C=O) groups excluding carboxylic acids is 2. The van der Waals surface area contributed by atoms with Crippen LogP contribution in [0.15, 0.2) is 59.6 Å². The molecule has 0 bridgehead atoms. The van der Waals surface area contributed by atoms with Crippen LogP contribution in [0.2, 0.25) is 5.02 Å². The van der Waals surface area contributed by atoms with E-state index in [2.05, 4.69) is 34.1 Å². The maximum absolute atomic E-state index is 13.2. The first-order valence-electron chi connectivity index (χ1n) is 11.5. The number of hydrogen-bond acceptors (Lipinski definition) is 5. The number of imide groups is 1. The van der Waals surface area contributed by atoms with Gasteiger partial charge in [-0.3, -0.25) is 19.5 Å². The van der Waals surface area contributed by atoms with Gasteiger partial charge in [0.25, 0.3) is 17.8 Å². The highest BCUT2D eigenvalue weighted by Crippen LogP contribution is 2.23. The molecule has 3 aliphatic heterocycles. The van der Waals surface area contributed by atoms with Gasteiger partial charge < -0.3 is 4.90 Å². The molecule has 2 aromatic carbocycles. The second-order valence-corrected chi connectivity index (χ2v) is 9.32. The number of halogens is 1. The highest BCUT2D eigenvalue weighted by molar-refractivity contribution is 6.30. The lowest BCUT2D eigenvalue weighted by atomic mass is 10.1. The number of fused-ring (bicyclic) bond motifs is 1. The van der Waals surface area contributed by atoms with Crippen molar-refractivity contribution in [2.75, 3.05) is 51.7 Å². The maximum atomic E-state index is 13.2. The molecular weight excluding hydrogens is 452 g/mol. The molecule has 3 amide bonds. The summed E-state index contributed by atoms with van der Waals surface area (Å²) in [4.78, 5) is 37.9. The number of urea groups is 1. The largest absolute Gasteiger partial charge is 0.369 e. The molecule has 0 saturated carbocycles. The summed E-state index contributed by atoms with van der Waals surface area (Å²) in [6.07, 6.45) is 0. The van der Waals surface area contributed by atoms with Crippen LogP contribution in [0.4, 0.5) is 10.5 Å². The third kappa shape index (κ3) is 4.19. The van der Waals surface area contributed by atoms with Crippen molar-refractivity contribution in [1.29, 1.82) is 0 Å². The Hall–Kier alpha value is -3.23. The van der Waals surface area contributed by atoms with E-state index in [0.717, 1.165) is 37.6 Å². The van der Waals surface area contributed by atoms with Gasteiger partial charge in [0.05, 0.1) is 0 Å². The molecule has 2 aromatic rings. The predicted molar refractivity (Wildman–Crippen MR) is 133 cm³/mol. The predicted octanol–water partition coefficient (Wildman–Crippen LogP) is 2.38. The molecule has 34 heavy (non-hydrogen) atoms. The number of aliphatic imine (C=N–C) groups is 1. The van der Waals surface area contributed by atoms with Crippen molar-refractivity contribution in [2.24, 2.45) is 4.99 Å². The lowest BCUT2D eigenvalue weighted by Gasteiger charge is -2.35. The van der Waals surface area contributed by atoms with Crippen molar-refractivity contribution in [3.05, 3.63) is 65.2 Å². The average Bonchev–Trinajstić information content (AvgIpc) is 3.20. The number of likely N-dealkylation sites (N-methyl/N-ethyl adjacent to an activating group) is 2. The minimum atomic E-state index is -0.618. The van der Waals surface area contributed by atoms with Gasteiger partial charge in [-0.15, -0.1) is 0 Å².